The largest absolute Gasteiger partial charge is 0.367 e. The highest BCUT2D eigenvalue weighted by Gasteiger charge is 2.20. The number of imidazole rings is 1. The molecule has 148 valence electrons. The number of aryl methyl sites for hydroxylation is 2. The Morgan fingerprint density at radius 3 is 2.45 bits per heavy atom. The van der Waals surface area contributed by atoms with E-state index in [-0.39, 0.29) is 0 Å². The van der Waals surface area contributed by atoms with E-state index in [4.69, 9.17) is 9.51 Å². The van der Waals surface area contributed by atoms with Gasteiger partial charge in [0, 0.05) is 23.4 Å². The van der Waals surface area contributed by atoms with Crippen LogP contribution >= 0.6 is 0 Å². The standard InChI is InChI=1S/C24H26N4O/c1-16-22(17(2)29-27-16)18-11-13-19(14-12-18)23-24(25-20-8-4-3-5-9-20)28-15-7-6-10-21(28)26-23/h6-7,10-15,20,25H,3-5,8-9H2,1-2H3. The Morgan fingerprint density at radius 2 is 1.72 bits per heavy atom. The molecule has 4 aromatic rings. The molecule has 0 aliphatic heterocycles. The molecule has 0 bridgehead atoms. The van der Waals surface area contributed by atoms with E-state index in [1.54, 1.807) is 0 Å². The molecule has 0 amide bonds. The first-order valence-corrected chi connectivity index (χ1v) is 10.5. The fraction of sp³-hybridized carbons (Fsp3) is 0.333. The third-order valence-electron chi connectivity index (χ3n) is 5.96. The Kier molecular flexibility index (Phi) is 4.58. The van der Waals surface area contributed by atoms with Gasteiger partial charge in [0.25, 0.3) is 0 Å². The van der Waals surface area contributed by atoms with Gasteiger partial charge in [-0.1, -0.05) is 54.8 Å². The van der Waals surface area contributed by atoms with Crippen molar-refractivity contribution in [3.63, 3.8) is 0 Å². The number of hydrogen-bond acceptors (Lipinski definition) is 4. The molecular formula is C24H26N4O. The van der Waals surface area contributed by atoms with E-state index >= 15 is 0 Å². The van der Waals surface area contributed by atoms with E-state index in [2.05, 4.69) is 57.5 Å². The summed E-state index contributed by atoms with van der Waals surface area (Å²) in [7, 11) is 0. The summed E-state index contributed by atoms with van der Waals surface area (Å²) in [5.74, 6) is 1.94. The summed E-state index contributed by atoms with van der Waals surface area (Å²) in [6, 6.07) is 15.2. The molecule has 5 heteroatoms. The molecule has 0 unspecified atom stereocenters. The third kappa shape index (κ3) is 3.31. The zero-order chi connectivity index (χ0) is 19.8. The van der Waals surface area contributed by atoms with Crippen molar-refractivity contribution in [3.05, 3.63) is 60.1 Å². The van der Waals surface area contributed by atoms with Gasteiger partial charge in [-0.3, -0.25) is 4.40 Å². The van der Waals surface area contributed by atoms with Gasteiger partial charge in [0.2, 0.25) is 0 Å². The molecule has 0 spiro atoms. The van der Waals surface area contributed by atoms with E-state index < -0.39 is 0 Å². The minimum absolute atomic E-state index is 0.518. The maximum absolute atomic E-state index is 5.33. The first-order valence-electron chi connectivity index (χ1n) is 10.5. The second-order valence-electron chi connectivity index (χ2n) is 7.99. The lowest BCUT2D eigenvalue weighted by Gasteiger charge is -2.24. The van der Waals surface area contributed by atoms with Crippen molar-refractivity contribution in [1.82, 2.24) is 14.5 Å². The number of pyridine rings is 1. The van der Waals surface area contributed by atoms with Crippen molar-refractivity contribution in [1.29, 1.82) is 0 Å². The normalized spacial score (nSPS) is 15.1. The minimum atomic E-state index is 0.518. The van der Waals surface area contributed by atoms with Crippen molar-refractivity contribution in [2.45, 2.75) is 52.0 Å². The predicted molar refractivity (Wildman–Crippen MR) is 116 cm³/mol. The maximum Gasteiger partial charge on any atom is 0.141 e. The molecule has 1 fully saturated rings. The van der Waals surface area contributed by atoms with Gasteiger partial charge < -0.3 is 9.84 Å². The molecule has 0 radical (unpaired) electrons. The molecule has 1 N–H and O–H groups in total. The molecule has 3 aromatic heterocycles. The van der Waals surface area contributed by atoms with Gasteiger partial charge in [-0.25, -0.2) is 4.98 Å². The van der Waals surface area contributed by atoms with Crippen LogP contribution in [0.1, 0.15) is 43.6 Å². The van der Waals surface area contributed by atoms with Gasteiger partial charge in [-0.15, -0.1) is 0 Å². The molecule has 1 aliphatic rings. The Balaban J connectivity index is 1.55. The van der Waals surface area contributed by atoms with Gasteiger partial charge in [0.15, 0.2) is 0 Å². The number of nitrogens with zero attached hydrogens (tertiary/aromatic N) is 3. The maximum atomic E-state index is 5.33. The van der Waals surface area contributed by atoms with Gasteiger partial charge in [-0.2, -0.15) is 0 Å². The number of aromatic nitrogens is 3. The van der Waals surface area contributed by atoms with Crippen molar-refractivity contribution in [2.75, 3.05) is 5.32 Å². The van der Waals surface area contributed by atoms with Crippen molar-refractivity contribution < 1.29 is 4.52 Å². The fourth-order valence-electron chi connectivity index (χ4n) is 4.47. The summed E-state index contributed by atoms with van der Waals surface area (Å²) in [6.07, 6.45) is 8.50. The second kappa shape index (κ2) is 7.39. The lowest BCUT2D eigenvalue weighted by molar-refractivity contribution is 0.393. The Morgan fingerprint density at radius 1 is 0.966 bits per heavy atom. The van der Waals surface area contributed by atoms with Gasteiger partial charge in [0.1, 0.15) is 22.9 Å². The summed E-state index contributed by atoms with van der Waals surface area (Å²) in [5, 5.41) is 7.89. The van der Waals surface area contributed by atoms with Crippen LogP contribution in [0.4, 0.5) is 5.82 Å². The van der Waals surface area contributed by atoms with E-state index in [1.807, 2.05) is 19.9 Å². The quantitative estimate of drug-likeness (QED) is 0.466. The highest BCUT2D eigenvalue weighted by atomic mass is 16.5. The Hall–Kier alpha value is -3.08. The zero-order valence-corrected chi connectivity index (χ0v) is 17.0. The first kappa shape index (κ1) is 18.0. The van der Waals surface area contributed by atoms with E-state index in [9.17, 15) is 0 Å². The average molecular weight is 386 g/mol. The van der Waals surface area contributed by atoms with Crippen LogP contribution < -0.4 is 5.32 Å². The van der Waals surface area contributed by atoms with E-state index in [0.717, 1.165) is 45.3 Å². The molecule has 0 atom stereocenters. The van der Waals surface area contributed by atoms with Crippen LogP contribution in [0.15, 0.2) is 53.2 Å². The van der Waals surface area contributed by atoms with Crippen LogP contribution in [0.3, 0.4) is 0 Å². The smallest absolute Gasteiger partial charge is 0.141 e. The summed E-state index contributed by atoms with van der Waals surface area (Å²) in [4.78, 5) is 4.95. The monoisotopic (exact) mass is 386 g/mol. The zero-order valence-electron chi connectivity index (χ0n) is 17.0. The average Bonchev–Trinajstić information content (AvgIpc) is 3.29. The van der Waals surface area contributed by atoms with Crippen LogP contribution in [0.5, 0.6) is 0 Å². The Labute approximate surface area is 170 Å². The first-order chi connectivity index (χ1) is 14.2. The SMILES string of the molecule is Cc1noc(C)c1-c1ccc(-c2nc3ccccn3c2NC2CCCCC2)cc1. The number of anilines is 1. The molecule has 1 aliphatic carbocycles. The van der Waals surface area contributed by atoms with Gasteiger partial charge in [0.05, 0.1) is 5.69 Å². The van der Waals surface area contributed by atoms with Crippen LogP contribution in [-0.2, 0) is 0 Å². The molecule has 0 saturated heterocycles. The highest BCUT2D eigenvalue weighted by Crippen LogP contribution is 2.34. The summed E-state index contributed by atoms with van der Waals surface area (Å²) < 4.78 is 7.51. The summed E-state index contributed by atoms with van der Waals surface area (Å²) in [5.41, 5.74) is 6.20. The van der Waals surface area contributed by atoms with E-state index in [0.29, 0.717) is 6.04 Å². The fourth-order valence-corrected chi connectivity index (χ4v) is 4.47. The van der Waals surface area contributed by atoms with Gasteiger partial charge in [-0.05, 0) is 44.4 Å². The van der Waals surface area contributed by atoms with Crippen LogP contribution in [-0.4, -0.2) is 20.6 Å². The summed E-state index contributed by atoms with van der Waals surface area (Å²) in [6.45, 7) is 3.94. The minimum Gasteiger partial charge on any atom is -0.367 e. The third-order valence-corrected chi connectivity index (χ3v) is 5.96. The molecule has 1 aromatic carbocycles. The highest BCUT2D eigenvalue weighted by molar-refractivity contribution is 5.79. The number of hydrogen-bond donors (Lipinski definition) is 1. The number of rotatable bonds is 4. The van der Waals surface area contributed by atoms with Gasteiger partial charge >= 0.3 is 0 Å². The lowest BCUT2D eigenvalue weighted by Crippen LogP contribution is -2.23. The van der Waals surface area contributed by atoms with Crippen LogP contribution in [0, 0.1) is 13.8 Å². The number of fused-ring (bicyclic) bond motifs is 1. The van der Waals surface area contributed by atoms with Crippen LogP contribution in [0.25, 0.3) is 28.0 Å². The Bertz CT molecular complexity index is 1110. The van der Waals surface area contributed by atoms with Crippen molar-refractivity contribution in [3.8, 4) is 22.4 Å². The topological polar surface area (TPSA) is 55.4 Å². The van der Waals surface area contributed by atoms with Crippen molar-refractivity contribution in [2.24, 2.45) is 0 Å². The lowest BCUT2D eigenvalue weighted by atomic mass is 9.95. The number of nitrogens with one attached hydrogen (secondary N) is 1. The number of benzene rings is 1. The molecule has 3 heterocycles. The second-order valence-corrected chi connectivity index (χ2v) is 7.99. The van der Waals surface area contributed by atoms with Crippen LogP contribution in [0.2, 0.25) is 0 Å². The molecule has 5 rings (SSSR count). The predicted octanol–water partition coefficient (Wildman–Crippen LogP) is 6.02. The molecule has 29 heavy (non-hydrogen) atoms. The summed E-state index contributed by atoms with van der Waals surface area (Å²) >= 11 is 0. The molecule has 5 nitrogen and oxygen atoms in total. The molecular weight excluding hydrogens is 360 g/mol. The van der Waals surface area contributed by atoms with E-state index in [1.165, 1.54) is 32.1 Å². The molecule has 1 saturated carbocycles. The van der Waals surface area contributed by atoms with Crippen molar-refractivity contribution >= 4 is 11.5 Å².